The fourth-order valence-electron chi connectivity index (χ4n) is 2.91. The molecular formula is C19H12FNO4S. The van der Waals surface area contributed by atoms with Crippen LogP contribution in [0.1, 0.15) is 15.9 Å². The van der Waals surface area contributed by atoms with E-state index in [4.69, 9.17) is 0 Å². The lowest BCUT2D eigenvalue weighted by atomic mass is 10.0. The number of aliphatic hydroxyl groups excluding tert-OH is 1. The van der Waals surface area contributed by atoms with E-state index in [-0.39, 0.29) is 5.56 Å². The molecule has 0 aromatic heterocycles. The number of Topliss-reactive ketones (excluding diaryl/α,β-unsaturated/α-hetero) is 1. The highest BCUT2D eigenvalue weighted by Gasteiger charge is 2.35. The first-order valence-corrected chi connectivity index (χ1v) is 9.14. The third-order valence-corrected chi connectivity index (χ3v) is 5.59. The van der Waals surface area contributed by atoms with Crippen LogP contribution in [0.3, 0.4) is 0 Å². The van der Waals surface area contributed by atoms with Gasteiger partial charge in [0.25, 0.3) is 10.0 Å². The van der Waals surface area contributed by atoms with Gasteiger partial charge >= 0.3 is 0 Å². The standard InChI is InChI=1S/C19H12FNO4S/c20-14-7-8-15-16(10-14)26(24,25)21-17(19(15)23)18(22)13-6-5-11-3-1-2-4-12(11)9-13/h1-10,21-22H. The van der Waals surface area contributed by atoms with Crippen LogP contribution in [0.2, 0.25) is 0 Å². The van der Waals surface area contributed by atoms with E-state index in [9.17, 15) is 22.7 Å². The Morgan fingerprint density at radius 1 is 0.962 bits per heavy atom. The van der Waals surface area contributed by atoms with Gasteiger partial charge < -0.3 is 5.11 Å². The molecule has 130 valence electrons. The Balaban J connectivity index is 1.90. The Morgan fingerprint density at radius 2 is 1.69 bits per heavy atom. The first kappa shape index (κ1) is 16.3. The van der Waals surface area contributed by atoms with Crippen molar-refractivity contribution in [3.8, 4) is 0 Å². The van der Waals surface area contributed by atoms with E-state index in [1.54, 1.807) is 18.2 Å². The zero-order chi connectivity index (χ0) is 18.5. The van der Waals surface area contributed by atoms with Gasteiger partial charge in [-0.2, -0.15) is 0 Å². The fraction of sp³-hybridized carbons (Fsp3) is 0. The van der Waals surface area contributed by atoms with Crippen molar-refractivity contribution in [3.05, 3.63) is 83.3 Å². The predicted octanol–water partition coefficient (Wildman–Crippen LogP) is 3.38. The summed E-state index contributed by atoms with van der Waals surface area (Å²) < 4.78 is 40.1. The maximum absolute atomic E-state index is 13.4. The minimum Gasteiger partial charge on any atom is -0.505 e. The molecule has 5 nitrogen and oxygen atoms in total. The number of ketones is 1. The first-order chi connectivity index (χ1) is 12.4. The van der Waals surface area contributed by atoms with Gasteiger partial charge in [0.05, 0.1) is 0 Å². The summed E-state index contributed by atoms with van der Waals surface area (Å²) in [5.41, 5.74) is -0.354. The molecule has 0 spiro atoms. The molecule has 26 heavy (non-hydrogen) atoms. The van der Waals surface area contributed by atoms with Crippen LogP contribution in [-0.4, -0.2) is 19.3 Å². The van der Waals surface area contributed by atoms with Gasteiger partial charge in [0.1, 0.15) is 16.4 Å². The van der Waals surface area contributed by atoms with Gasteiger partial charge in [-0.15, -0.1) is 0 Å². The Morgan fingerprint density at radius 3 is 2.46 bits per heavy atom. The Kier molecular flexibility index (Phi) is 3.55. The lowest BCUT2D eigenvalue weighted by Gasteiger charge is -2.20. The third kappa shape index (κ3) is 2.53. The van der Waals surface area contributed by atoms with Crippen molar-refractivity contribution in [2.75, 3.05) is 0 Å². The average Bonchev–Trinajstić information content (AvgIpc) is 2.64. The van der Waals surface area contributed by atoms with E-state index in [1.807, 2.05) is 24.3 Å². The van der Waals surface area contributed by atoms with E-state index in [0.29, 0.717) is 5.56 Å². The Hall–Kier alpha value is -3.19. The Bertz CT molecular complexity index is 1220. The number of halogens is 1. The molecule has 0 unspecified atom stereocenters. The van der Waals surface area contributed by atoms with Crippen molar-refractivity contribution < 1.29 is 22.7 Å². The maximum Gasteiger partial charge on any atom is 0.262 e. The van der Waals surface area contributed by atoms with E-state index in [2.05, 4.69) is 4.72 Å². The van der Waals surface area contributed by atoms with Crippen LogP contribution in [0.15, 0.2) is 71.3 Å². The first-order valence-electron chi connectivity index (χ1n) is 7.66. The molecule has 4 rings (SSSR count). The number of aliphatic hydroxyl groups is 1. The molecule has 1 aliphatic heterocycles. The number of carbonyl (C=O) groups excluding carboxylic acids is 1. The molecule has 0 radical (unpaired) electrons. The highest BCUT2D eigenvalue weighted by molar-refractivity contribution is 7.90. The van der Waals surface area contributed by atoms with Crippen molar-refractivity contribution in [3.63, 3.8) is 0 Å². The van der Waals surface area contributed by atoms with Gasteiger partial charge in [-0.3, -0.25) is 9.52 Å². The monoisotopic (exact) mass is 369 g/mol. The van der Waals surface area contributed by atoms with Crippen LogP contribution in [-0.2, 0) is 10.0 Å². The second-order valence-electron chi connectivity index (χ2n) is 5.86. The lowest BCUT2D eigenvalue weighted by Crippen LogP contribution is -2.35. The number of fused-ring (bicyclic) bond motifs is 2. The number of allylic oxidation sites excluding steroid dienone is 1. The molecular weight excluding hydrogens is 357 g/mol. The van der Waals surface area contributed by atoms with Crippen molar-refractivity contribution in [2.45, 2.75) is 4.90 Å². The van der Waals surface area contributed by atoms with Crippen LogP contribution in [0, 0.1) is 5.82 Å². The summed E-state index contributed by atoms with van der Waals surface area (Å²) in [4.78, 5) is 12.2. The molecule has 0 amide bonds. The minimum atomic E-state index is -4.17. The van der Waals surface area contributed by atoms with Crippen LogP contribution in [0.25, 0.3) is 16.5 Å². The summed E-state index contributed by atoms with van der Waals surface area (Å²) in [6, 6.07) is 15.3. The zero-order valence-corrected chi connectivity index (χ0v) is 14.0. The Labute approximate surface area is 148 Å². The van der Waals surface area contributed by atoms with Crippen LogP contribution in [0.5, 0.6) is 0 Å². The number of benzene rings is 3. The second-order valence-corrected chi connectivity index (χ2v) is 7.51. The molecule has 7 heteroatoms. The normalized spacial score (nSPS) is 17.5. The number of hydrogen-bond acceptors (Lipinski definition) is 4. The summed E-state index contributed by atoms with van der Waals surface area (Å²) in [7, 11) is -4.17. The van der Waals surface area contributed by atoms with Gasteiger partial charge in [0.15, 0.2) is 5.76 Å². The van der Waals surface area contributed by atoms with Gasteiger partial charge in [0.2, 0.25) is 5.78 Å². The molecule has 0 aliphatic carbocycles. The number of hydrogen-bond donors (Lipinski definition) is 2. The van der Waals surface area contributed by atoms with Crippen LogP contribution < -0.4 is 4.72 Å². The van der Waals surface area contributed by atoms with Crippen molar-refractivity contribution in [1.29, 1.82) is 0 Å². The molecule has 0 bridgehead atoms. The molecule has 2 N–H and O–H groups in total. The summed E-state index contributed by atoms with van der Waals surface area (Å²) >= 11 is 0. The lowest BCUT2D eigenvalue weighted by molar-refractivity contribution is 0.102. The molecule has 0 saturated carbocycles. The van der Waals surface area contributed by atoms with E-state index in [1.165, 1.54) is 0 Å². The fourth-order valence-corrected chi connectivity index (χ4v) is 4.20. The quantitative estimate of drug-likeness (QED) is 0.509. The van der Waals surface area contributed by atoms with E-state index >= 15 is 0 Å². The highest BCUT2D eigenvalue weighted by atomic mass is 32.2. The molecule has 0 fully saturated rings. The van der Waals surface area contributed by atoms with Gasteiger partial charge in [0, 0.05) is 11.1 Å². The van der Waals surface area contributed by atoms with Gasteiger partial charge in [-0.05, 0) is 35.0 Å². The molecule has 1 heterocycles. The number of rotatable bonds is 1. The number of nitrogens with one attached hydrogen (secondary N) is 1. The third-order valence-electron chi connectivity index (χ3n) is 4.20. The molecule has 0 atom stereocenters. The summed E-state index contributed by atoms with van der Waals surface area (Å²) in [5, 5.41) is 12.3. The number of sulfonamides is 1. The van der Waals surface area contributed by atoms with Crippen molar-refractivity contribution in [1.82, 2.24) is 4.72 Å². The molecule has 3 aromatic rings. The minimum absolute atomic E-state index is 0.188. The summed E-state index contributed by atoms with van der Waals surface area (Å²) in [6.07, 6.45) is 0. The summed E-state index contributed by atoms with van der Waals surface area (Å²) in [5.74, 6) is -1.98. The number of carbonyl (C=O) groups is 1. The van der Waals surface area contributed by atoms with Gasteiger partial charge in [-0.1, -0.05) is 36.4 Å². The van der Waals surface area contributed by atoms with Crippen molar-refractivity contribution >= 4 is 32.3 Å². The predicted molar refractivity (Wildman–Crippen MR) is 94.5 cm³/mol. The van der Waals surface area contributed by atoms with Crippen molar-refractivity contribution in [2.24, 2.45) is 0 Å². The van der Waals surface area contributed by atoms with E-state index in [0.717, 1.165) is 29.0 Å². The second kappa shape index (κ2) is 5.67. The molecule has 3 aromatic carbocycles. The van der Waals surface area contributed by atoms with Gasteiger partial charge in [-0.25, -0.2) is 12.8 Å². The highest BCUT2D eigenvalue weighted by Crippen LogP contribution is 2.29. The van der Waals surface area contributed by atoms with Crippen LogP contribution in [0.4, 0.5) is 4.39 Å². The molecule has 0 saturated heterocycles. The largest absolute Gasteiger partial charge is 0.505 e. The smallest absolute Gasteiger partial charge is 0.262 e. The SMILES string of the molecule is O=C1C(=C(O)c2ccc3ccccc3c2)NS(=O)(=O)c2cc(F)ccc21. The van der Waals surface area contributed by atoms with Crippen LogP contribution >= 0.6 is 0 Å². The average molecular weight is 369 g/mol. The summed E-state index contributed by atoms with van der Waals surface area (Å²) in [6.45, 7) is 0. The zero-order valence-electron chi connectivity index (χ0n) is 13.2. The maximum atomic E-state index is 13.4. The van der Waals surface area contributed by atoms with E-state index < -0.39 is 38.0 Å². The topological polar surface area (TPSA) is 83.5 Å². The molecule has 1 aliphatic rings.